The lowest BCUT2D eigenvalue weighted by Gasteiger charge is -2.05. The predicted octanol–water partition coefficient (Wildman–Crippen LogP) is 5.51. The van der Waals surface area contributed by atoms with E-state index in [0.717, 1.165) is 18.5 Å². The smallest absolute Gasteiger partial charge is 0.331 e. The van der Waals surface area contributed by atoms with E-state index in [-0.39, 0.29) is 0 Å². The molecule has 0 saturated carbocycles. The molecule has 26 heavy (non-hydrogen) atoms. The number of aromatic nitrogens is 1. The van der Waals surface area contributed by atoms with E-state index in [1.165, 1.54) is 16.5 Å². The second-order valence-electron chi connectivity index (χ2n) is 6.32. The maximum atomic E-state index is 11.2. The Morgan fingerprint density at radius 1 is 1.08 bits per heavy atom. The van der Waals surface area contributed by atoms with E-state index in [4.69, 9.17) is 0 Å². The second kappa shape index (κ2) is 8.34. The van der Waals surface area contributed by atoms with Crippen molar-refractivity contribution in [1.29, 1.82) is 0 Å². The highest BCUT2D eigenvalue weighted by molar-refractivity contribution is 5.90. The van der Waals surface area contributed by atoms with Gasteiger partial charge in [0.25, 0.3) is 0 Å². The van der Waals surface area contributed by atoms with Crippen molar-refractivity contribution in [3.05, 3.63) is 89.6 Å². The maximum absolute atomic E-state index is 11.2. The van der Waals surface area contributed by atoms with Gasteiger partial charge in [-0.15, -0.1) is 0 Å². The molecule has 0 spiro atoms. The number of carboxylic acid groups (broad SMARTS) is 1. The minimum atomic E-state index is -0.844. The average Bonchev–Trinajstić information content (AvgIpc) is 3.00. The summed E-state index contributed by atoms with van der Waals surface area (Å²) in [5.41, 5.74) is 3.96. The average molecular weight is 345 g/mol. The van der Waals surface area contributed by atoms with Crippen LogP contribution in [0.15, 0.2) is 78.5 Å². The van der Waals surface area contributed by atoms with Crippen molar-refractivity contribution >= 4 is 22.9 Å². The van der Waals surface area contributed by atoms with Crippen molar-refractivity contribution in [3.8, 4) is 0 Å². The number of carbonyl (C=O) groups is 1. The molecule has 0 fully saturated rings. The number of hydrogen-bond donors (Lipinski definition) is 1. The highest BCUT2D eigenvalue weighted by atomic mass is 16.4. The number of aliphatic carboxylic acids is 1. The van der Waals surface area contributed by atoms with E-state index >= 15 is 0 Å². The zero-order valence-corrected chi connectivity index (χ0v) is 14.9. The maximum Gasteiger partial charge on any atom is 0.331 e. The van der Waals surface area contributed by atoms with Gasteiger partial charge in [0.15, 0.2) is 0 Å². The van der Waals surface area contributed by atoms with Crippen LogP contribution in [0.4, 0.5) is 0 Å². The third kappa shape index (κ3) is 4.12. The normalized spacial score (nSPS) is 12.1. The Hall–Kier alpha value is -3.07. The van der Waals surface area contributed by atoms with Gasteiger partial charge >= 0.3 is 5.97 Å². The Morgan fingerprint density at radius 2 is 1.81 bits per heavy atom. The largest absolute Gasteiger partial charge is 0.478 e. The zero-order chi connectivity index (χ0) is 18.4. The van der Waals surface area contributed by atoms with Crippen LogP contribution in [0.2, 0.25) is 0 Å². The summed E-state index contributed by atoms with van der Waals surface area (Å²) in [4.78, 5) is 11.2. The Kier molecular flexibility index (Phi) is 5.69. The molecule has 3 heteroatoms. The van der Waals surface area contributed by atoms with Crippen molar-refractivity contribution in [3.63, 3.8) is 0 Å². The van der Waals surface area contributed by atoms with E-state index in [2.05, 4.69) is 35.0 Å². The van der Waals surface area contributed by atoms with Gasteiger partial charge in [0.05, 0.1) is 0 Å². The molecule has 0 aliphatic heterocycles. The number of hydrogen-bond acceptors (Lipinski definition) is 1. The zero-order valence-electron chi connectivity index (χ0n) is 14.9. The van der Waals surface area contributed by atoms with Crippen molar-refractivity contribution in [1.82, 2.24) is 4.57 Å². The van der Waals surface area contributed by atoms with Crippen molar-refractivity contribution in [2.45, 2.75) is 26.3 Å². The Labute approximate surface area is 153 Å². The molecule has 0 saturated heterocycles. The monoisotopic (exact) mass is 345 g/mol. The molecule has 1 N–H and O–H groups in total. The summed E-state index contributed by atoms with van der Waals surface area (Å²) in [5, 5.41) is 10.4. The quantitative estimate of drug-likeness (QED) is 0.453. The number of rotatable bonds is 7. The van der Waals surface area contributed by atoms with Gasteiger partial charge in [-0.1, -0.05) is 80.1 Å². The number of fused-ring (bicyclic) bond motifs is 1. The number of nitrogens with zero attached hydrogens (tertiary/aromatic N) is 1. The molecule has 0 atom stereocenters. The summed E-state index contributed by atoms with van der Waals surface area (Å²) in [7, 11) is 0. The van der Waals surface area contributed by atoms with Crippen LogP contribution in [0.5, 0.6) is 0 Å². The minimum absolute atomic E-state index is 0.441. The summed E-state index contributed by atoms with van der Waals surface area (Å²) < 4.78 is 2.23. The molecular weight excluding hydrogens is 322 g/mol. The lowest BCUT2D eigenvalue weighted by Crippen LogP contribution is -1.99. The molecule has 132 valence electrons. The molecule has 3 nitrogen and oxygen atoms in total. The second-order valence-corrected chi connectivity index (χ2v) is 6.32. The molecule has 2 aromatic carbocycles. The first-order valence-corrected chi connectivity index (χ1v) is 8.91. The van der Waals surface area contributed by atoms with Gasteiger partial charge in [0.1, 0.15) is 0 Å². The minimum Gasteiger partial charge on any atom is -0.478 e. The lowest BCUT2D eigenvalue weighted by atomic mass is 10.1. The number of allylic oxidation sites excluding steroid dienone is 2. The molecule has 0 aliphatic rings. The summed E-state index contributed by atoms with van der Waals surface area (Å²) in [5.74, 6) is -0.844. The van der Waals surface area contributed by atoms with Gasteiger partial charge < -0.3 is 9.67 Å². The van der Waals surface area contributed by atoms with Gasteiger partial charge in [-0.25, -0.2) is 4.79 Å². The Balaban J connectivity index is 1.93. The Morgan fingerprint density at radius 3 is 2.54 bits per heavy atom. The van der Waals surface area contributed by atoms with Gasteiger partial charge in [0.2, 0.25) is 0 Å². The highest BCUT2D eigenvalue weighted by Gasteiger charge is 2.07. The molecule has 3 aromatic rings. The van der Waals surface area contributed by atoms with Crippen LogP contribution in [0.25, 0.3) is 17.0 Å². The molecule has 0 aliphatic carbocycles. The standard InChI is InChI=1S/C23H23NO2/c1-2-9-19(23(25)26)12-8-13-20-17-24(16-18-10-4-3-5-11-18)22-15-7-6-14-21(20)22/h3-8,10-15,17H,2,9,16H2,1H3,(H,25,26). The summed E-state index contributed by atoms with van der Waals surface area (Å²) in [6.07, 6.45) is 9.06. The van der Waals surface area contributed by atoms with Crippen LogP contribution in [0, 0.1) is 0 Å². The van der Waals surface area contributed by atoms with Crippen LogP contribution in [0.3, 0.4) is 0 Å². The number of benzene rings is 2. The third-order valence-corrected chi connectivity index (χ3v) is 4.38. The molecule has 0 radical (unpaired) electrons. The van der Waals surface area contributed by atoms with Gasteiger partial charge in [0, 0.05) is 29.2 Å². The van der Waals surface area contributed by atoms with Crippen LogP contribution in [-0.4, -0.2) is 15.6 Å². The fourth-order valence-electron chi connectivity index (χ4n) is 3.12. The van der Waals surface area contributed by atoms with Gasteiger partial charge in [-0.2, -0.15) is 0 Å². The topological polar surface area (TPSA) is 42.2 Å². The predicted molar refractivity (Wildman–Crippen MR) is 107 cm³/mol. The molecule has 1 heterocycles. The first-order valence-electron chi connectivity index (χ1n) is 8.91. The van der Waals surface area contributed by atoms with Gasteiger partial charge in [-0.3, -0.25) is 0 Å². The summed E-state index contributed by atoms with van der Waals surface area (Å²) in [6, 6.07) is 18.7. The van der Waals surface area contributed by atoms with Crippen molar-refractivity contribution < 1.29 is 9.90 Å². The molecule has 1 aromatic heterocycles. The van der Waals surface area contributed by atoms with E-state index < -0.39 is 5.97 Å². The fourth-order valence-corrected chi connectivity index (χ4v) is 3.12. The van der Waals surface area contributed by atoms with E-state index in [1.54, 1.807) is 6.08 Å². The van der Waals surface area contributed by atoms with Crippen molar-refractivity contribution in [2.75, 3.05) is 0 Å². The SMILES string of the molecule is CCCC(=CC=Cc1cn(Cc2ccccc2)c2ccccc12)C(=O)O. The number of carboxylic acids is 1. The first-order chi connectivity index (χ1) is 12.7. The van der Waals surface area contributed by atoms with E-state index in [0.29, 0.717) is 12.0 Å². The number of para-hydroxylation sites is 1. The molecule has 0 unspecified atom stereocenters. The highest BCUT2D eigenvalue weighted by Crippen LogP contribution is 2.23. The molecular formula is C23H23NO2. The molecule has 0 amide bonds. The third-order valence-electron chi connectivity index (χ3n) is 4.38. The van der Waals surface area contributed by atoms with Gasteiger partial charge in [-0.05, 0) is 23.6 Å². The van der Waals surface area contributed by atoms with Crippen LogP contribution < -0.4 is 0 Å². The molecule has 3 rings (SSSR count). The van der Waals surface area contributed by atoms with Crippen LogP contribution in [-0.2, 0) is 11.3 Å². The van der Waals surface area contributed by atoms with Crippen molar-refractivity contribution in [2.24, 2.45) is 0 Å². The van der Waals surface area contributed by atoms with E-state index in [1.807, 2.05) is 49.4 Å². The Bertz CT molecular complexity index is 949. The summed E-state index contributed by atoms with van der Waals surface area (Å²) in [6.45, 7) is 2.79. The van der Waals surface area contributed by atoms with Crippen LogP contribution >= 0.6 is 0 Å². The lowest BCUT2D eigenvalue weighted by molar-refractivity contribution is -0.132. The fraction of sp³-hybridized carbons (Fsp3) is 0.174. The van der Waals surface area contributed by atoms with E-state index in [9.17, 15) is 9.90 Å². The first kappa shape index (κ1) is 17.7. The molecule has 0 bridgehead atoms. The summed E-state index contributed by atoms with van der Waals surface area (Å²) >= 11 is 0. The van der Waals surface area contributed by atoms with Crippen LogP contribution in [0.1, 0.15) is 30.9 Å².